The molecule has 1 aliphatic rings. The number of morpholine rings is 1. The molecular formula is C23H26N4O. The maximum atomic E-state index is 6.15. The Bertz CT molecular complexity index is 841. The molecule has 28 heavy (non-hydrogen) atoms. The van der Waals surface area contributed by atoms with Crippen LogP contribution in [0.4, 0.5) is 11.8 Å². The van der Waals surface area contributed by atoms with Crippen LogP contribution in [0.25, 0.3) is 0 Å². The number of nitrogens with zero attached hydrogens (tertiary/aromatic N) is 3. The molecule has 4 rings (SSSR count). The van der Waals surface area contributed by atoms with Crippen molar-refractivity contribution in [3.63, 3.8) is 0 Å². The van der Waals surface area contributed by atoms with Gasteiger partial charge in [0.25, 0.3) is 0 Å². The predicted molar refractivity (Wildman–Crippen MR) is 112 cm³/mol. The van der Waals surface area contributed by atoms with Crippen LogP contribution in [0, 0.1) is 6.92 Å². The molecule has 2 N–H and O–H groups in total. The molecule has 3 aromatic rings. The molecule has 1 atom stereocenters. The number of hydrogen-bond donors (Lipinski definition) is 1. The number of ether oxygens (including phenoxy) is 1. The zero-order chi connectivity index (χ0) is 19.3. The Kier molecular flexibility index (Phi) is 5.53. The zero-order valence-corrected chi connectivity index (χ0v) is 16.2. The first-order valence-electron chi connectivity index (χ1n) is 9.76. The van der Waals surface area contributed by atoms with Gasteiger partial charge in [-0.15, -0.1) is 0 Å². The first-order chi connectivity index (χ1) is 13.7. The normalized spacial score (nSPS) is 17.1. The van der Waals surface area contributed by atoms with Crippen molar-refractivity contribution >= 4 is 11.8 Å². The number of nitrogen functional groups attached to an aromatic ring is 1. The highest BCUT2D eigenvalue weighted by atomic mass is 16.5. The number of anilines is 2. The maximum Gasteiger partial charge on any atom is 0.222 e. The van der Waals surface area contributed by atoms with E-state index in [0.29, 0.717) is 18.5 Å². The summed E-state index contributed by atoms with van der Waals surface area (Å²) in [4.78, 5) is 10.9. The molecule has 0 radical (unpaired) electrons. The molecule has 0 bridgehead atoms. The van der Waals surface area contributed by atoms with Crippen LogP contribution in [-0.2, 0) is 4.74 Å². The monoisotopic (exact) mass is 374 g/mol. The molecule has 144 valence electrons. The van der Waals surface area contributed by atoms with Gasteiger partial charge in [0, 0.05) is 30.8 Å². The molecular weight excluding hydrogens is 348 g/mol. The molecule has 2 heterocycles. The first kappa shape index (κ1) is 18.4. The second-order valence-electron chi connectivity index (χ2n) is 7.27. The van der Waals surface area contributed by atoms with Crippen LogP contribution in [0.5, 0.6) is 0 Å². The molecule has 0 spiro atoms. The van der Waals surface area contributed by atoms with Crippen LogP contribution in [0.15, 0.2) is 66.7 Å². The van der Waals surface area contributed by atoms with Crippen LogP contribution in [0.3, 0.4) is 0 Å². The van der Waals surface area contributed by atoms with E-state index in [2.05, 4.69) is 75.5 Å². The fourth-order valence-corrected chi connectivity index (χ4v) is 3.90. The van der Waals surface area contributed by atoms with E-state index in [0.717, 1.165) is 31.0 Å². The topological polar surface area (TPSA) is 64.3 Å². The second-order valence-corrected chi connectivity index (χ2v) is 7.27. The fraction of sp³-hybridized carbons (Fsp3) is 0.304. The van der Waals surface area contributed by atoms with E-state index in [9.17, 15) is 0 Å². The summed E-state index contributed by atoms with van der Waals surface area (Å²) in [6.07, 6.45) is 1.04. The van der Waals surface area contributed by atoms with Gasteiger partial charge in [-0.2, -0.15) is 4.98 Å². The van der Waals surface area contributed by atoms with E-state index < -0.39 is 0 Å². The van der Waals surface area contributed by atoms with Gasteiger partial charge in [0.15, 0.2) is 0 Å². The molecule has 1 aromatic heterocycles. The van der Waals surface area contributed by atoms with Gasteiger partial charge in [0.05, 0.1) is 12.7 Å². The van der Waals surface area contributed by atoms with Crippen LogP contribution < -0.4 is 10.6 Å². The number of hydrogen-bond acceptors (Lipinski definition) is 5. The Hall–Kier alpha value is -2.92. The van der Waals surface area contributed by atoms with Crippen molar-refractivity contribution in [1.82, 2.24) is 9.97 Å². The summed E-state index contributed by atoms with van der Waals surface area (Å²) in [6.45, 7) is 4.24. The molecule has 2 aromatic carbocycles. The van der Waals surface area contributed by atoms with E-state index in [-0.39, 0.29) is 6.10 Å². The van der Waals surface area contributed by atoms with Crippen LogP contribution in [0.1, 0.15) is 29.2 Å². The molecule has 1 fully saturated rings. The summed E-state index contributed by atoms with van der Waals surface area (Å²) in [5.74, 6) is 1.50. The number of rotatable bonds is 5. The third-order valence-electron chi connectivity index (χ3n) is 5.22. The Labute approximate surface area is 166 Å². The van der Waals surface area contributed by atoms with Crippen molar-refractivity contribution in [2.24, 2.45) is 0 Å². The number of aromatic nitrogens is 2. The quantitative estimate of drug-likeness (QED) is 0.736. The molecule has 0 amide bonds. The van der Waals surface area contributed by atoms with Gasteiger partial charge in [-0.05, 0) is 24.5 Å². The fourth-order valence-electron chi connectivity index (χ4n) is 3.90. The van der Waals surface area contributed by atoms with E-state index >= 15 is 0 Å². The van der Waals surface area contributed by atoms with E-state index in [1.54, 1.807) is 0 Å². The minimum atomic E-state index is 0.121. The van der Waals surface area contributed by atoms with Gasteiger partial charge in [0.2, 0.25) is 5.95 Å². The number of nitrogens with two attached hydrogens (primary N) is 1. The highest BCUT2D eigenvalue weighted by Crippen LogP contribution is 2.31. The molecule has 0 aliphatic carbocycles. The third kappa shape index (κ3) is 4.31. The number of aryl methyl sites for hydroxylation is 1. The lowest BCUT2D eigenvalue weighted by Crippen LogP contribution is -2.43. The summed E-state index contributed by atoms with van der Waals surface area (Å²) in [6, 6.07) is 23.3. The third-order valence-corrected chi connectivity index (χ3v) is 5.22. The van der Waals surface area contributed by atoms with Crippen LogP contribution in [0.2, 0.25) is 0 Å². The summed E-state index contributed by atoms with van der Waals surface area (Å²) in [5.41, 5.74) is 9.37. The van der Waals surface area contributed by atoms with Gasteiger partial charge in [-0.25, -0.2) is 4.98 Å². The van der Waals surface area contributed by atoms with Gasteiger partial charge >= 0.3 is 0 Å². The van der Waals surface area contributed by atoms with Crippen molar-refractivity contribution in [2.45, 2.75) is 25.4 Å². The Morgan fingerprint density at radius 1 is 1.04 bits per heavy atom. The highest BCUT2D eigenvalue weighted by Gasteiger charge is 2.26. The second kappa shape index (κ2) is 8.40. The lowest BCUT2D eigenvalue weighted by Gasteiger charge is -2.35. The molecule has 0 unspecified atom stereocenters. The SMILES string of the molecule is Cc1cc(N2CCO[C@@H](CC(c3ccccc3)c3ccccc3)C2)nc(N)n1. The van der Waals surface area contributed by atoms with Gasteiger partial charge in [0.1, 0.15) is 5.82 Å². The molecule has 0 saturated carbocycles. The molecule has 1 aliphatic heterocycles. The van der Waals surface area contributed by atoms with Crippen LogP contribution in [-0.4, -0.2) is 35.8 Å². The van der Waals surface area contributed by atoms with Crippen LogP contribution >= 0.6 is 0 Å². The lowest BCUT2D eigenvalue weighted by molar-refractivity contribution is 0.0324. The van der Waals surface area contributed by atoms with E-state index in [4.69, 9.17) is 10.5 Å². The van der Waals surface area contributed by atoms with E-state index in [1.165, 1.54) is 11.1 Å². The van der Waals surface area contributed by atoms with Crippen molar-refractivity contribution < 1.29 is 4.74 Å². The summed E-state index contributed by atoms with van der Waals surface area (Å²) in [7, 11) is 0. The van der Waals surface area contributed by atoms with Gasteiger partial charge < -0.3 is 15.4 Å². The largest absolute Gasteiger partial charge is 0.375 e. The lowest BCUT2D eigenvalue weighted by atomic mass is 9.86. The number of benzene rings is 2. The Morgan fingerprint density at radius 2 is 1.68 bits per heavy atom. The van der Waals surface area contributed by atoms with Crippen molar-refractivity contribution in [1.29, 1.82) is 0 Å². The average Bonchev–Trinajstić information content (AvgIpc) is 2.73. The average molecular weight is 374 g/mol. The van der Waals surface area contributed by atoms with Gasteiger partial charge in [-0.1, -0.05) is 60.7 Å². The Morgan fingerprint density at radius 3 is 2.29 bits per heavy atom. The maximum absolute atomic E-state index is 6.15. The minimum Gasteiger partial charge on any atom is -0.375 e. The smallest absolute Gasteiger partial charge is 0.222 e. The van der Waals surface area contributed by atoms with Crippen molar-refractivity contribution in [2.75, 3.05) is 30.3 Å². The summed E-state index contributed by atoms with van der Waals surface area (Å²) in [5, 5.41) is 0. The minimum absolute atomic E-state index is 0.121. The summed E-state index contributed by atoms with van der Waals surface area (Å²) >= 11 is 0. The summed E-state index contributed by atoms with van der Waals surface area (Å²) < 4.78 is 6.15. The molecule has 5 heteroatoms. The van der Waals surface area contributed by atoms with Crippen molar-refractivity contribution in [3.8, 4) is 0 Å². The zero-order valence-electron chi connectivity index (χ0n) is 16.2. The van der Waals surface area contributed by atoms with Gasteiger partial charge in [-0.3, -0.25) is 0 Å². The standard InChI is InChI=1S/C23H26N4O/c1-17-14-22(26-23(24)25-17)27-12-13-28-20(16-27)15-21(18-8-4-2-5-9-18)19-10-6-3-7-11-19/h2-11,14,20-21H,12-13,15-16H2,1H3,(H2,24,25,26)/t20-/m0/s1. The van der Waals surface area contributed by atoms with E-state index in [1.807, 2.05) is 13.0 Å². The first-order valence-corrected chi connectivity index (χ1v) is 9.76. The molecule has 5 nitrogen and oxygen atoms in total. The van der Waals surface area contributed by atoms with Crippen molar-refractivity contribution in [3.05, 3.63) is 83.6 Å². The predicted octanol–water partition coefficient (Wildman–Crippen LogP) is 3.79. The molecule has 1 saturated heterocycles. The highest BCUT2D eigenvalue weighted by molar-refractivity contribution is 5.44. The Balaban J connectivity index is 1.55.